The van der Waals surface area contributed by atoms with Crippen molar-refractivity contribution < 1.29 is 14.3 Å². The zero-order chi connectivity index (χ0) is 17.6. The van der Waals surface area contributed by atoms with Crippen LogP contribution in [0.5, 0.6) is 0 Å². The molecule has 1 aromatic carbocycles. The third kappa shape index (κ3) is 4.07. The highest BCUT2D eigenvalue weighted by atomic mass is 16.5. The highest BCUT2D eigenvalue weighted by molar-refractivity contribution is 5.91. The third-order valence-electron chi connectivity index (χ3n) is 4.64. The SMILES string of the molecule is CCC1CCCCN1C(=O)COC(=O)c1ccc(-c2ncc[nH]2)cc1. The molecule has 0 aliphatic carbocycles. The molecule has 3 rings (SSSR count). The van der Waals surface area contributed by atoms with Crippen LogP contribution in [0.4, 0.5) is 0 Å². The van der Waals surface area contributed by atoms with Crippen LogP contribution >= 0.6 is 0 Å². The molecule has 2 heterocycles. The molecule has 0 spiro atoms. The summed E-state index contributed by atoms with van der Waals surface area (Å²) in [6.07, 6.45) is 7.56. The summed E-state index contributed by atoms with van der Waals surface area (Å²) in [6, 6.07) is 7.23. The number of hydrogen-bond donors (Lipinski definition) is 1. The van der Waals surface area contributed by atoms with E-state index in [-0.39, 0.29) is 18.6 Å². The number of H-pyrrole nitrogens is 1. The van der Waals surface area contributed by atoms with E-state index in [1.807, 2.05) is 4.90 Å². The number of nitrogens with one attached hydrogen (secondary N) is 1. The topological polar surface area (TPSA) is 75.3 Å². The van der Waals surface area contributed by atoms with Gasteiger partial charge in [-0.25, -0.2) is 9.78 Å². The zero-order valence-corrected chi connectivity index (χ0v) is 14.4. The van der Waals surface area contributed by atoms with Gasteiger partial charge in [0.05, 0.1) is 5.56 Å². The maximum Gasteiger partial charge on any atom is 0.338 e. The molecule has 2 aromatic rings. The van der Waals surface area contributed by atoms with Gasteiger partial charge in [-0.1, -0.05) is 19.1 Å². The lowest BCUT2D eigenvalue weighted by molar-refractivity contribution is -0.138. The normalized spacial score (nSPS) is 17.3. The molecule has 0 bridgehead atoms. The molecule has 1 fully saturated rings. The number of likely N-dealkylation sites (tertiary alicyclic amines) is 1. The molecule has 132 valence electrons. The molecule has 1 atom stereocenters. The molecule has 6 nitrogen and oxygen atoms in total. The summed E-state index contributed by atoms with van der Waals surface area (Å²) < 4.78 is 5.21. The van der Waals surface area contributed by atoms with E-state index >= 15 is 0 Å². The smallest absolute Gasteiger partial charge is 0.338 e. The number of ether oxygens (including phenoxy) is 1. The first kappa shape index (κ1) is 17.2. The summed E-state index contributed by atoms with van der Waals surface area (Å²) in [6.45, 7) is 2.64. The number of nitrogens with zero attached hydrogens (tertiary/aromatic N) is 2. The number of carbonyl (C=O) groups is 2. The van der Waals surface area contributed by atoms with Gasteiger partial charge in [-0.05, 0) is 37.8 Å². The van der Waals surface area contributed by atoms with E-state index in [0.29, 0.717) is 5.56 Å². The Morgan fingerprint density at radius 3 is 2.76 bits per heavy atom. The van der Waals surface area contributed by atoms with E-state index in [1.54, 1.807) is 36.7 Å². The number of imidazole rings is 1. The Kier molecular flexibility index (Phi) is 5.48. The van der Waals surface area contributed by atoms with Crippen molar-refractivity contribution in [3.05, 3.63) is 42.2 Å². The van der Waals surface area contributed by atoms with Gasteiger partial charge in [-0.15, -0.1) is 0 Å². The molecule has 25 heavy (non-hydrogen) atoms. The maximum atomic E-state index is 12.3. The molecular formula is C19H23N3O3. The van der Waals surface area contributed by atoms with Gasteiger partial charge in [0, 0.05) is 30.5 Å². The molecule has 0 saturated carbocycles. The highest BCUT2D eigenvalue weighted by Crippen LogP contribution is 2.20. The van der Waals surface area contributed by atoms with Crippen molar-refractivity contribution in [2.45, 2.75) is 38.6 Å². The van der Waals surface area contributed by atoms with E-state index in [4.69, 9.17) is 4.74 Å². The van der Waals surface area contributed by atoms with Crippen LogP contribution in [0.15, 0.2) is 36.7 Å². The Morgan fingerprint density at radius 2 is 2.08 bits per heavy atom. The molecular weight excluding hydrogens is 318 g/mol. The molecule has 1 unspecified atom stereocenters. The fourth-order valence-corrected chi connectivity index (χ4v) is 3.23. The van der Waals surface area contributed by atoms with Crippen molar-refractivity contribution in [2.24, 2.45) is 0 Å². The molecule has 1 aliphatic heterocycles. The Balaban J connectivity index is 1.56. The Labute approximate surface area is 147 Å². The number of carbonyl (C=O) groups excluding carboxylic acids is 2. The van der Waals surface area contributed by atoms with Gasteiger partial charge >= 0.3 is 5.97 Å². The van der Waals surface area contributed by atoms with Gasteiger partial charge in [-0.3, -0.25) is 4.79 Å². The number of rotatable bonds is 5. The number of esters is 1. The number of amides is 1. The molecule has 1 saturated heterocycles. The second-order valence-corrected chi connectivity index (χ2v) is 6.24. The van der Waals surface area contributed by atoms with Crippen molar-refractivity contribution >= 4 is 11.9 Å². The van der Waals surface area contributed by atoms with Gasteiger partial charge in [-0.2, -0.15) is 0 Å². The van der Waals surface area contributed by atoms with E-state index in [0.717, 1.165) is 43.6 Å². The van der Waals surface area contributed by atoms with Crippen molar-refractivity contribution in [1.82, 2.24) is 14.9 Å². The Hall–Kier alpha value is -2.63. The molecule has 0 radical (unpaired) electrons. The lowest BCUT2D eigenvalue weighted by atomic mass is 10.00. The largest absolute Gasteiger partial charge is 0.452 e. The minimum atomic E-state index is -0.482. The van der Waals surface area contributed by atoms with Crippen LogP contribution < -0.4 is 0 Å². The number of aromatic nitrogens is 2. The van der Waals surface area contributed by atoms with Gasteiger partial charge in [0.2, 0.25) is 0 Å². The molecule has 1 aliphatic rings. The van der Waals surface area contributed by atoms with Gasteiger partial charge < -0.3 is 14.6 Å². The first-order valence-electron chi connectivity index (χ1n) is 8.75. The first-order chi connectivity index (χ1) is 12.2. The summed E-state index contributed by atoms with van der Waals surface area (Å²) in [5.74, 6) is 0.155. The van der Waals surface area contributed by atoms with Crippen LogP contribution in [0.1, 0.15) is 43.0 Å². The molecule has 1 aromatic heterocycles. The molecule has 1 amide bonds. The van der Waals surface area contributed by atoms with Gasteiger partial charge in [0.25, 0.3) is 5.91 Å². The molecule has 6 heteroatoms. The fourth-order valence-electron chi connectivity index (χ4n) is 3.23. The van der Waals surface area contributed by atoms with Crippen LogP contribution in [-0.2, 0) is 9.53 Å². The second-order valence-electron chi connectivity index (χ2n) is 6.24. The van der Waals surface area contributed by atoms with Crippen molar-refractivity contribution in [2.75, 3.05) is 13.2 Å². The quantitative estimate of drug-likeness (QED) is 0.848. The number of benzene rings is 1. The summed E-state index contributed by atoms with van der Waals surface area (Å²) in [7, 11) is 0. The fraction of sp³-hybridized carbons (Fsp3) is 0.421. The minimum Gasteiger partial charge on any atom is -0.452 e. The lowest BCUT2D eigenvalue weighted by Crippen LogP contribution is -2.45. The van der Waals surface area contributed by atoms with Crippen LogP contribution in [0, 0.1) is 0 Å². The van der Waals surface area contributed by atoms with Crippen molar-refractivity contribution in [3.8, 4) is 11.4 Å². The predicted molar refractivity (Wildman–Crippen MR) is 93.9 cm³/mol. The average molecular weight is 341 g/mol. The van der Waals surface area contributed by atoms with E-state index in [2.05, 4.69) is 16.9 Å². The van der Waals surface area contributed by atoms with Gasteiger partial charge in [0.15, 0.2) is 6.61 Å². The number of aromatic amines is 1. The van der Waals surface area contributed by atoms with Crippen LogP contribution in [0.3, 0.4) is 0 Å². The number of hydrogen-bond acceptors (Lipinski definition) is 4. The lowest BCUT2D eigenvalue weighted by Gasteiger charge is -2.35. The van der Waals surface area contributed by atoms with Gasteiger partial charge in [0.1, 0.15) is 5.82 Å². The van der Waals surface area contributed by atoms with E-state index in [9.17, 15) is 9.59 Å². The second kappa shape index (κ2) is 7.96. The standard InChI is InChI=1S/C19H23N3O3/c1-2-16-5-3-4-12-22(16)17(23)13-25-19(24)15-8-6-14(7-9-15)18-20-10-11-21-18/h6-11,16H,2-5,12-13H2,1H3,(H,20,21). The minimum absolute atomic E-state index is 0.105. The van der Waals surface area contributed by atoms with Crippen LogP contribution in [0.2, 0.25) is 0 Å². The van der Waals surface area contributed by atoms with E-state index in [1.165, 1.54) is 0 Å². The first-order valence-corrected chi connectivity index (χ1v) is 8.75. The monoisotopic (exact) mass is 341 g/mol. The van der Waals surface area contributed by atoms with Crippen LogP contribution in [0.25, 0.3) is 11.4 Å². The van der Waals surface area contributed by atoms with Crippen molar-refractivity contribution in [1.29, 1.82) is 0 Å². The van der Waals surface area contributed by atoms with E-state index < -0.39 is 5.97 Å². The highest BCUT2D eigenvalue weighted by Gasteiger charge is 2.26. The van der Waals surface area contributed by atoms with Crippen LogP contribution in [-0.4, -0.2) is 45.9 Å². The van der Waals surface area contributed by atoms with Crippen molar-refractivity contribution in [3.63, 3.8) is 0 Å². The summed E-state index contributed by atoms with van der Waals surface area (Å²) in [4.78, 5) is 33.5. The molecule has 1 N–H and O–H groups in total. The maximum absolute atomic E-state index is 12.3. The average Bonchev–Trinajstić information content (AvgIpc) is 3.20. The number of piperidine rings is 1. The summed E-state index contributed by atoms with van der Waals surface area (Å²) >= 11 is 0. The third-order valence-corrected chi connectivity index (χ3v) is 4.64. The predicted octanol–water partition coefficient (Wildman–Crippen LogP) is 3.02. The summed E-state index contributed by atoms with van der Waals surface area (Å²) in [5.41, 5.74) is 1.31. The summed E-state index contributed by atoms with van der Waals surface area (Å²) in [5, 5.41) is 0. The zero-order valence-electron chi connectivity index (χ0n) is 14.4. The Morgan fingerprint density at radius 1 is 1.28 bits per heavy atom. The Bertz CT molecular complexity index is 710.